The van der Waals surface area contributed by atoms with Crippen LogP contribution in [0, 0.1) is 0 Å². The second kappa shape index (κ2) is 9.64. The van der Waals surface area contributed by atoms with Crippen LogP contribution in [0.25, 0.3) is 6.08 Å². The summed E-state index contributed by atoms with van der Waals surface area (Å²) in [6.07, 6.45) is -3.42. The van der Waals surface area contributed by atoms with Crippen molar-refractivity contribution in [3.8, 4) is 11.5 Å². The minimum atomic E-state index is -4.61. The maximum Gasteiger partial charge on any atom is 0.422 e. The molecule has 3 rings (SSSR count). The molecule has 8 nitrogen and oxygen atoms in total. The Balaban J connectivity index is 1.99. The summed E-state index contributed by atoms with van der Waals surface area (Å²) in [7, 11) is 0. The predicted octanol–water partition coefficient (Wildman–Crippen LogP) is 3.91. The summed E-state index contributed by atoms with van der Waals surface area (Å²) < 4.78 is 48.9. The summed E-state index contributed by atoms with van der Waals surface area (Å²) in [5, 5.41) is 4.69. The highest BCUT2D eigenvalue weighted by Crippen LogP contribution is 2.37. The number of nitrogens with zero attached hydrogens (tertiary/aromatic N) is 1. The van der Waals surface area contributed by atoms with E-state index < -0.39 is 35.6 Å². The summed E-state index contributed by atoms with van der Waals surface area (Å²) in [6.45, 7) is 5.15. The molecule has 180 valence electrons. The van der Waals surface area contributed by atoms with Gasteiger partial charge in [-0.05, 0) is 57.6 Å². The second-order valence-corrected chi connectivity index (χ2v) is 9.50. The first-order valence-electron chi connectivity index (χ1n) is 10.1. The fourth-order valence-electron chi connectivity index (χ4n) is 3.56. The SMILES string of the molecule is CC(C)(C)N(C(=O)Oc1c(C=C2SC(=O)NC2=O)cccc1OCC(F)(F)F)C1CCNC1. The molecule has 2 N–H and O–H groups in total. The molecule has 2 fully saturated rings. The van der Waals surface area contributed by atoms with Crippen LogP contribution >= 0.6 is 11.8 Å². The average molecular weight is 488 g/mol. The number of carbonyl (C=O) groups excluding carboxylic acids is 3. The highest BCUT2D eigenvalue weighted by molar-refractivity contribution is 8.18. The molecule has 1 atom stereocenters. The van der Waals surface area contributed by atoms with Gasteiger partial charge in [-0.15, -0.1) is 0 Å². The highest BCUT2D eigenvalue weighted by Gasteiger charge is 2.37. The molecular formula is C21H24F3N3O5S. The molecule has 1 aromatic carbocycles. The van der Waals surface area contributed by atoms with Gasteiger partial charge in [-0.3, -0.25) is 19.8 Å². The van der Waals surface area contributed by atoms with Crippen LogP contribution in [0.4, 0.5) is 22.8 Å². The Hall–Kier alpha value is -2.73. The molecule has 33 heavy (non-hydrogen) atoms. The van der Waals surface area contributed by atoms with E-state index in [0.29, 0.717) is 31.3 Å². The Morgan fingerprint density at radius 1 is 1.27 bits per heavy atom. The Bertz CT molecular complexity index is 969. The van der Waals surface area contributed by atoms with E-state index in [2.05, 4.69) is 10.6 Å². The minimum absolute atomic E-state index is 0.0120. The number of thioether (sulfide) groups is 1. The van der Waals surface area contributed by atoms with Crippen LogP contribution < -0.4 is 20.1 Å². The minimum Gasteiger partial charge on any atom is -0.480 e. The van der Waals surface area contributed by atoms with Crippen LogP contribution in [-0.2, 0) is 4.79 Å². The zero-order chi connectivity index (χ0) is 24.4. The number of alkyl halides is 3. The Morgan fingerprint density at radius 3 is 2.55 bits per heavy atom. The molecule has 2 aliphatic rings. The van der Waals surface area contributed by atoms with Crippen LogP contribution in [0.3, 0.4) is 0 Å². The Kier molecular flexibility index (Phi) is 7.27. The first-order valence-corrected chi connectivity index (χ1v) is 11.0. The smallest absolute Gasteiger partial charge is 0.422 e. The lowest BCUT2D eigenvalue weighted by molar-refractivity contribution is -0.153. The van der Waals surface area contributed by atoms with Gasteiger partial charge in [0.15, 0.2) is 18.1 Å². The lowest BCUT2D eigenvalue weighted by Gasteiger charge is -2.39. The second-order valence-electron chi connectivity index (χ2n) is 8.49. The van der Waals surface area contributed by atoms with Crippen molar-refractivity contribution in [1.82, 2.24) is 15.5 Å². The topological polar surface area (TPSA) is 97.0 Å². The number of ether oxygens (including phenoxy) is 2. The van der Waals surface area contributed by atoms with Crippen molar-refractivity contribution in [1.29, 1.82) is 0 Å². The molecule has 0 bridgehead atoms. The lowest BCUT2D eigenvalue weighted by atomic mass is 10.0. The predicted molar refractivity (Wildman–Crippen MR) is 116 cm³/mol. The van der Waals surface area contributed by atoms with Crippen LogP contribution in [0.2, 0.25) is 0 Å². The van der Waals surface area contributed by atoms with Crippen molar-refractivity contribution in [3.63, 3.8) is 0 Å². The fourth-order valence-corrected chi connectivity index (χ4v) is 4.23. The molecule has 1 aromatic rings. The first-order chi connectivity index (χ1) is 15.3. The van der Waals surface area contributed by atoms with Gasteiger partial charge in [-0.1, -0.05) is 12.1 Å². The number of carbonyl (C=O) groups is 3. The number of rotatable bonds is 5. The van der Waals surface area contributed by atoms with Gasteiger partial charge < -0.3 is 14.8 Å². The van der Waals surface area contributed by atoms with Gasteiger partial charge in [0.25, 0.3) is 11.1 Å². The van der Waals surface area contributed by atoms with Crippen molar-refractivity contribution in [3.05, 3.63) is 28.7 Å². The van der Waals surface area contributed by atoms with Gasteiger partial charge in [0.1, 0.15) is 0 Å². The van der Waals surface area contributed by atoms with Gasteiger partial charge >= 0.3 is 12.3 Å². The fraction of sp³-hybridized carbons (Fsp3) is 0.476. The van der Waals surface area contributed by atoms with Crippen LogP contribution in [0.1, 0.15) is 32.8 Å². The quantitative estimate of drug-likeness (QED) is 0.608. The average Bonchev–Trinajstić information content (AvgIpc) is 3.30. The van der Waals surface area contributed by atoms with Gasteiger partial charge in [0.05, 0.1) is 4.91 Å². The lowest BCUT2D eigenvalue weighted by Crippen LogP contribution is -2.53. The normalized spacial score (nSPS) is 20.2. The molecule has 2 heterocycles. The van der Waals surface area contributed by atoms with Crippen LogP contribution in [0.15, 0.2) is 23.1 Å². The number of imide groups is 1. The number of nitrogens with one attached hydrogen (secondary N) is 2. The molecular weight excluding hydrogens is 463 g/mol. The van der Waals surface area contributed by atoms with Gasteiger partial charge in [-0.25, -0.2) is 4.79 Å². The number of halogens is 3. The highest BCUT2D eigenvalue weighted by atomic mass is 32.2. The number of amides is 3. The Labute approximate surface area is 192 Å². The molecule has 0 spiro atoms. The van der Waals surface area contributed by atoms with E-state index in [1.54, 1.807) is 0 Å². The van der Waals surface area contributed by atoms with Crippen molar-refractivity contribution < 1.29 is 37.0 Å². The van der Waals surface area contributed by atoms with E-state index >= 15 is 0 Å². The zero-order valence-electron chi connectivity index (χ0n) is 18.2. The third-order valence-corrected chi connectivity index (χ3v) is 5.65. The van der Waals surface area contributed by atoms with Crippen molar-refractivity contribution in [2.75, 3.05) is 19.7 Å². The molecule has 2 aliphatic heterocycles. The molecule has 3 amide bonds. The van der Waals surface area contributed by atoms with E-state index in [1.807, 2.05) is 20.8 Å². The number of hydrogen-bond acceptors (Lipinski definition) is 7. The monoisotopic (exact) mass is 487 g/mol. The van der Waals surface area contributed by atoms with Crippen LogP contribution in [-0.4, -0.2) is 59.6 Å². The molecule has 12 heteroatoms. The molecule has 1 unspecified atom stereocenters. The number of hydrogen-bond donors (Lipinski definition) is 2. The summed E-state index contributed by atoms with van der Waals surface area (Å²) in [4.78, 5) is 38.2. The largest absolute Gasteiger partial charge is 0.480 e. The van der Waals surface area contributed by atoms with Crippen LogP contribution in [0.5, 0.6) is 11.5 Å². The zero-order valence-corrected chi connectivity index (χ0v) is 19.1. The van der Waals surface area contributed by atoms with E-state index in [1.165, 1.54) is 29.2 Å². The van der Waals surface area contributed by atoms with Crippen molar-refractivity contribution in [2.45, 2.75) is 44.9 Å². The Morgan fingerprint density at radius 2 is 2.00 bits per heavy atom. The number of para-hydroxylation sites is 1. The van der Waals surface area contributed by atoms with Gasteiger partial charge in [-0.2, -0.15) is 13.2 Å². The molecule has 0 aliphatic carbocycles. The maximum atomic E-state index is 13.2. The molecule has 0 saturated carbocycles. The van der Waals surface area contributed by atoms with E-state index in [4.69, 9.17) is 9.47 Å². The van der Waals surface area contributed by atoms with E-state index in [-0.39, 0.29) is 28.0 Å². The van der Waals surface area contributed by atoms with Gasteiger partial charge in [0, 0.05) is 23.7 Å². The number of benzene rings is 1. The summed E-state index contributed by atoms with van der Waals surface area (Å²) in [5.74, 6) is -1.24. The van der Waals surface area contributed by atoms with Crippen molar-refractivity contribution in [2.24, 2.45) is 0 Å². The summed E-state index contributed by atoms with van der Waals surface area (Å²) >= 11 is 0.632. The van der Waals surface area contributed by atoms with E-state index in [9.17, 15) is 27.6 Å². The third kappa shape index (κ3) is 6.41. The van der Waals surface area contributed by atoms with E-state index in [0.717, 1.165) is 0 Å². The molecule has 2 saturated heterocycles. The summed E-state index contributed by atoms with van der Waals surface area (Å²) in [5.41, 5.74) is -0.518. The van der Waals surface area contributed by atoms with Crippen molar-refractivity contribution >= 4 is 35.1 Å². The molecule has 0 radical (unpaired) electrons. The third-order valence-electron chi connectivity index (χ3n) is 4.84. The standard InChI is InChI=1S/C21H24F3N3O5S/c1-20(2,3)27(13-7-8-25-10-13)19(30)32-16-12(9-15-17(28)26-18(29)33-15)5-4-6-14(16)31-11-21(22,23)24/h4-6,9,13,25H,7-8,10-11H2,1-3H3,(H,26,28,29). The maximum absolute atomic E-state index is 13.2. The summed E-state index contributed by atoms with van der Waals surface area (Å²) in [6, 6.07) is 3.92. The first kappa shape index (κ1) is 24.9. The van der Waals surface area contributed by atoms with Gasteiger partial charge in [0.2, 0.25) is 0 Å². The molecule has 0 aromatic heterocycles.